The van der Waals surface area contributed by atoms with Gasteiger partial charge in [0.15, 0.2) is 0 Å². The summed E-state index contributed by atoms with van der Waals surface area (Å²) in [5, 5.41) is 4.92. The lowest BCUT2D eigenvalue weighted by molar-refractivity contribution is 0.0949. The minimum atomic E-state index is -0.199. The quantitative estimate of drug-likeness (QED) is 0.451. The summed E-state index contributed by atoms with van der Waals surface area (Å²) in [6, 6.07) is 17.6. The lowest BCUT2D eigenvalue weighted by atomic mass is 10.1. The van der Waals surface area contributed by atoms with Gasteiger partial charge in [-0.05, 0) is 49.4 Å². The van der Waals surface area contributed by atoms with Crippen LogP contribution in [0.1, 0.15) is 16.9 Å². The normalized spacial score (nSPS) is 11.1. The third kappa shape index (κ3) is 3.30. The summed E-state index contributed by atoms with van der Waals surface area (Å²) in [7, 11) is 1.63. The van der Waals surface area contributed by atoms with E-state index in [1.54, 1.807) is 7.11 Å². The van der Waals surface area contributed by atoms with E-state index >= 15 is 0 Å². The van der Waals surface area contributed by atoms with Gasteiger partial charge < -0.3 is 20.8 Å². The molecule has 0 saturated heterocycles. The highest BCUT2D eigenvalue weighted by Gasteiger charge is 2.16. The maximum atomic E-state index is 12.7. The fourth-order valence-corrected chi connectivity index (χ4v) is 3.31. The molecule has 4 N–H and O–H groups in total. The molecule has 0 aliphatic rings. The molecule has 2 heterocycles. The van der Waals surface area contributed by atoms with Crippen molar-refractivity contribution in [1.29, 1.82) is 0 Å². The Morgan fingerprint density at radius 1 is 1.14 bits per heavy atom. The van der Waals surface area contributed by atoms with Gasteiger partial charge in [-0.1, -0.05) is 18.2 Å². The summed E-state index contributed by atoms with van der Waals surface area (Å²) in [6.07, 6.45) is 0.729. The number of rotatable bonds is 6. The van der Waals surface area contributed by atoms with Gasteiger partial charge in [0, 0.05) is 28.4 Å². The molecule has 0 unspecified atom stereocenters. The number of amides is 1. The van der Waals surface area contributed by atoms with E-state index in [1.807, 2.05) is 54.6 Å². The first kappa shape index (κ1) is 18.0. The van der Waals surface area contributed by atoms with E-state index in [0.29, 0.717) is 18.8 Å². The zero-order chi connectivity index (χ0) is 19.5. The summed E-state index contributed by atoms with van der Waals surface area (Å²) in [6.45, 7) is 1.06. The lowest BCUT2D eigenvalue weighted by Crippen LogP contribution is -2.26. The molecular weight excluding hydrogens is 352 g/mol. The largest absolute Gasteiger partial charge is 0.497 e. The van der Waals surface area contributed by atoms with Crippen LogP contribution in [0.2, 0.25) is 0 Å². The van der Waals surface area contributed by atoms with Gasteiger partial charge in [-0.3, -0.25) is 4.79 Å². The number of hydrogen-bond acceptors (Lipinski definition) is 4. The van der Waals surface area contributed by atoms with Crippen molar-refractivity contribution in [2.24, 2.45) is 5.73 Å². The average Bonchev–Trinajstić information content (AvgIpc) is 3.12. The molecule has 0 saturated carbocycles. The van der Waals surface area contributed by atoms with Crippen LogP contribution in [0.4, 0.5) is 0 Å². The second-order valence-electron chi connectivity index (χ2n) is 6.58. The zero-order valence-corrected chi connectivity index (χ0v) is 15.7. The number of pyridine rings is 1. The van der Waals surface area contributed by atoms with Crippen molar-refractivity contribution in [2.45, 2.75) is 6.42 Å². The van der Waals surface area contributed by atoms with Gasteiger partial charge in [0.1, 0.15) is 11.4 Å². The Bertz CT molecular complexity index is 1130. The van der Waals surface area contributed by atoms with Gasteiger partial charge >= 0.3 is 0 Å². The highest BCUT2D eigenvalue weighted by atomic mass is 16.5. The van der Waals surface area contributed by atoms with Crippen molar-refractivity contribution >= 4 is 27.7 Å². The summed E-state index contributed by atoms with van der Waals surface area (Å²) >= 11 is 0. The molecule has 0 fully saturated rings. The number of H-pyrrole nitrogens is 1. The number of nitrogens with two attached hydrogens (primary N) is 1. The zero-order valence-electron chi connectivity index (χ0n) is 15.7. The van der Waals surface area contributed by atoms with Crippen LogP contribution in [0.5, 0.6) is 5.75 Å². The SMILES string of the molecule is COc1ccc(-c2nc(C(=O)NCCCN)cc3c2[nH]c2ccccc23)cc1. The van der Waals surface area contributed by atoms with Crippen LogP contribution in [-0.4, -0.2) is 36.1 Å². The summed E-state index contributed by atoms with van der Waals surface area (Å²) in [5.41, 5.74) is 9.47. The predicted octanol–water partition coefficient (Wildman–Crippen LogP) is 3.47. The van der Waals surface area contributed by atoms with E-state index < -0.39 is 0 Å². The molecule has 6 heteroatoms. The first-order valence-corrected chi connectivity index (χ1v) is 9.25. The van der Waals surface area contributed by atoms with Gasteiger partial charge in [-0.2, -0.15) is 0 Å². The van der Waals surface area contributed by atoms with Crippen molar-refractivity contribution in [3.63, 3.8) is 0 Å². The smallest absolute Gasteiger partial charge is 0.269 e. The number of hydrogen-bond donors (Lipinski definition) is 3. The van der Waals surface area contributed by atoms with Gasteiger partial charge in [-0.25, -0.2) is 4.98 Å². The number of carbonyl (C=O) groups is 1. The van der Waals surface area contributed by atoms with Crippen LogP contribution in [-0.2, 0) is 0 Å². The van der Waals surface area contributed by atoms with E-state index in [0.717, 1.165) is 45.2 Å². The Kier molecular flexibility index (Phi) is 4.95. The van der Waals surface area contributed by atoms with Gasteiger partial charge in [-0.15, -0.1) is 0 Å². The molecular formula is C22H22N4O2. The predicted molar refractivity (Wildman–Crippen MR) is 112 cm³/mol. The Labute approximate surface area is 162 Å². The fraction of sp³-hybridized carbons (Fsp3) is 0.182. The van der Waals surface area contributed by atoms with Crippen molar-refractivity contribution in [1.82, 2.24) is 15.3 Å². The lowest BCUT2D eigenvalue weighted by Gasteiger charge is -2.09. The van der Waals surface area contributed by atoms with Crippen molar-refractivity contribution in [3.05, 3.63) is 60.3 Å². The van der Waals surface area contributed by atoms with E-state index in [2.05, 4.69) is 15.3 Å². The highest BCUT2D eigenvalue weighted by Crippen LogP contribution is 2.33. The number of methoxy groups -OCH3 is 1. The van der Waals surface area contributed by atoms with Crippen LogP contribution in [0, 0.1) is 0 Å². The van der Waals surface area contributed by atoms with E-state index in [1.165, 1.54) is 0 Å². The number of para-hydroxylation sites is 1. The maximum Gasteiger partial charge on any atom is 0.269 e. The molecule has 4 rings (SSSR count). The van der Waals surface area contributed by atoms with Crippen molar-refractivity contribution < 1.29 is 9.53 Å². The average molecular weight is 374 g/mol. The number of aromatic amines is 1. The standard InChI is InChI=1S/C22H22N4O2/c1-28-15-9-7-14(8-10-15)20-21-17(16-5-2-3-6-18(16)25-21)13-19(26-20)22(27)24-12-4-11-23/h2-3,5-10,13,25H,4,11-12,23H2,1H3,(H,24,27). The Morgan fingerprint density at radius 3 is 2.68 bits per heavy atom. The van der Waals surface area contributed by atoms with Crippen LogP contribution in [0.25, 0.3) is 33.1 Å². The Morgan fingerprint density at radius 2 is 1.93 bits per heavy atom. The number of nitrogens with one attached hydrogen (secondary N) is 2. The summed E-state index contributed by atoms with van der Waals surface area (Å²) < 4.78 is 5.25. The van der Waals surface area contributed by atoms with Crippen LogP contribution < -0.4 is 15.8 Å². The molecule has 0 spiro atoms. The first-order valence-electron chi connectivity index (χ1n) is 9.25. The molecule has 6 nitrogen and oxygen atoms in total. The highest BCUT2D eigenvalue weighted by molar-refractivity contribution is 6.13. The first-order chi connectivity index (χ1) is 13.7. The topological polar surface area (TPSA) is 93.0 Å². The number of fused-ring (bicyclic) bond motifs is 3. The summed E-state index contributed by atoms with van der Waals surface area (Å²) in [5.74, 6) is 0.572. The second kappa shape index (κ2) is 7.70. The molecule has 0 radical (unpaired) electrons. The van der Waals surface area contributed by atoms with E-state index in [4.69, 9.17) is 10.5 Å². The maximum absolute atomic E-state index is 12.7. The van der Waals surface area contributed by atoms with Crippen LogP contribution in [0.3, 0.4) is 0 Å². The monoisotopic (exact) mass is 374 g/mol. The second-order valence-corrected chi connectivity index (χ2v) is 6.58. The Balaban J connectivity index is 1.88. The number of ether oxygens (including phenoxy) is 1. The third-order valence-corrected chi connectivity index (χ3v) is 4.76. The molecule has 1 amide bonds. The molecule has 2 aromatic carbocycles. The molecule has 0 atom stereocenters. The molecule has 0 bridgehead atoms. The minimum absolute atomic E-state index is 0.199. The molecule has 2 aromatic heterocycles. The molecule has 142 valence electrons. The number of carbonyl (C=O) groups excluding carboxylic acids is 1. The summed E-state index contributed by atoms with van der Waals surface area (Å²) in [4.78, 5) is 20.8. The van der Waals surface area contributed by atoms with E-state index in [-0.39, 0.29) is 5.91 Å². The molecule has 28 heavy (non-hydrogen) atoms. The number of benzene rings is 2. The van der Waals surface area contributed by atoms with Crippen molar-refractivity contribution in [2.75, 3.05) is 20.2 Å². The van der Waals surface area contributed by atoms with Crippen LogP contribution >= 0.6 is 0 Å². The van der Waals surface area contributed by atoms with Gasteiger partial charge in [0.2, 0.25) is 0 Å². The van der Waals surface area contributed by atoms with Crippen LogP contribution in [0.15, 0.2) is 54.6 Å². The van der Waals surface area contributed by atoms with Gasteiger partial charge in [0.05, 0.1) is 18.3 Å². The minimum Gasteiger partial charge on any atom is -0.497 e. The molecule has 4 aromatic rings. The van der Waals surface area contributed by atoms with E-state index in [9.17, 15) is 4.79 Å². The Hall–Kier alpha value is -3.38. The number of aromatic nitrogens is 2. The number of nitrogens with zero attached hydrogens (tertiary/aromatic N) is 1. The fourth-order valence-electron chi connectivity index (χ4n) is 3.31. The third-order valence-electron chi connectivity index (χ3n) is 4.76. The van der Waals surface area contributed by atoms with Gasteiger partial charge in [0.25, 0.3) is 5.91 Å². The molecule has 0 aliphatic carbocycles. The molecule has 0 aliphatic heterocycles. The van der Waals surface area contributed by atoms with Crippen molar-refractivity contribution in [3.8, 4) is 17.0 Å².